The number of benzene rings is 10. The van der Waals surface area contributed by atoms with Gasteiger partial charge in [0.15, 0.2) is 0 Å². The number of thiophene rings is 1. The lowest BCUT2D eigenvalue weighted by Gasteiger charge is -2.34. The van der Waals surface area contributed by atoms with Crippen LogP contribution in [-0.4, -0.2) is 0 Å². The fraction of sp³-hybridized carbons (Fsp3) is 0.0645. The second kappa shape index (κ2) is 14.0. The second-order valence-corrected chi connectivity index (χ2v) is 19.0. The molecule has 1 aromatic heterocycles. The van der Waals surface area contributed by atoms with Gasteiger partial charge >= 0.3 is 0 Å². The molecule has 0 saturated carbocycles. The molecule has 1 heterocycles. The van der Waals surface area contributed by atoms with Crippen molar-refractivity contribution in [2.45, 2.75) is 24.7 Å². The molecular formula is C62H43NS. The van der Waals surface area contributed by atoms with E-state index in [9.17, 15) is 0 Å². The highest BCUT2D eigenvalue weighted by molar-refractivity contribution is 7.27. The third kappa shape index (κ3) is 5.24. The number of fused-ring (bicyclic) bond motifs is 11. The first-order chi connectivity index (χ1) is 31.5. The molecule has 0 amide bonds. The fourth-order valence-electron chi connectivity index (χ4n) is 11.4. The van der Waals surface area contributed by atoms with Crippen molar-refractivity contribution in [1.82, 2.24) is 0 Å². The van der Waals surface area contributed by atoms with Crippen LogP contribution < -0.4 is 4.90 Å². The van der Waals surface area contributed by atoms with E-state index in [-0.39, 0.29) is 5.41 Å². The molecule has 0 saturated heterocycles. The molecule has 302 valence electrons. The first-order valence-corrected chi connectivity index (χ1v) is 23.2. The Morgan fingerprint density at radius 3 is 1.56 bits per heavy atom. The molecule has 2 aliphatic carbocycles. The Hall–Kier alpha value is -7.52. The molecular weight excluding hydrogens is 791 g/mol. The second-order valence-electron chi connectivity index (χ2n) is 18.0. The molecule has 2 heteroatoms. The monoisotopic (exact) mass is 833 g/mol. The Morgan fingerprint density at radius 1 is 0.344 bits per heavy atom. The summed E-state index contributed by atoms with van der Waals surface area (Å²) in [6.45, 7) is 4.72. The van der Waals surface area contributed by atoms with Gasteiger partial charge in [-0.1, -0.05) is 202 Å². The summed E-state index contributed by atoms with van der Waals surface area (Å²) in [4.78, 5) is 2.47. The quantitative estimate of drug-likeness (QED) is 0.161. The minimum Gasteiger partial charge on any atom is -0.310 e. The van der Waals surface area contributed by atoms with Gasteiger partial charge in [-0.3, -0.25) is 0 Å². The van der Waals surface area contributed by atoms with Gasteiger partial charge in [-0.05, 0) is 114 Å². The summed E-state index contributed by atoms with van der Waals surface area (Å²) in [6.07, 6.45) is 0. The predicted molar refractivity (Wildman–Crippen MR) is 272 cm³/mol. The van der Waals surface area contributed by atoms with Gasteiger partial charge in [0, 0.05) is 42.6 Å². The van der Waals surface area contributed by atoms with Crippen LogP contribution in [0.1, 0.15) is 47.2 Å². The zero-order valence-corrected chi connectivity index (χ0v) is 36.5. The van der Waals surface area contributed by atoms with E-state index >= 15 is 0 Å². The minimum absolute atomic E-state index is 0.0771. The van der Waals surface area contributed by atoms with E-state index in [1.54, 1.807) is 0 Å². The third-order valence-electron chi connectivity index (χ3n) is 14.4. The normalized spacial score (nSPS) is 14.0. The van der Waals surface area contributed by atoms with E-state index in [0.717, 1.165) is 17.1 Å². The summed E-state index contributed by atoms with van der Waals surface area (Å²) < 4.78 is 2.68. The maximum atomic E-state index is 2.47. The van der Waals surface area contributed by atoms with Gasteiger partial charge in [0.1, 0.15) is 0 Å². The molecule has 0 aliphatic heterocycles. The molecule has 10 aromatic carbocycles. The molecule has 0 fully saturated rings. The summed E-state index contributed by atoms with van der Waals surface area (Å²) in [6, 6.07) is 83.9. The Balaban J connectivity index is 1.00. The summed E-state index contributed by atoms with van der Waals surface area (Å²) in [5.41, 5.74) is 18.4. The van der Waals surface area contributed by atoms with Gasteiger partial charge in [0.05, 0.1) is 5.41 Å². The van der Waals surface area contributed by atoms with Crippen molar-refractivity contribution >= 4 is 59.3 Å². The fourth-order valence-corrected chi connectivity index (χ4v) is 12.8. The highest BCUT2D eigenvalue weighted by Gasteiger charge is 2.46. The van der Waals surface area contributed by atoms with Crippen LogP contribution in [-0.2, 0) is 10.8 Å². The smallest absolute Gasteiger partial charge is 0.0713 e. The van der Waals surface area contributed by atoms with Crippen LogP contribution in [0.15, 0.2) is 224 Å². The van der Waals surface area contributed by atoms with E-state index in [0.29, 0.717) is 0 Å². The summed E-state index contributed by atoms with van der Waals surface area (Å²) in [7, 11) is 0. The van der Waals surface area contributed by atoms with E-state index in [2.05, 4.69) is 243 Å². The molecule has 0 atom stereocenters. The minimum atomic E-state index is -0.456. The van der Waals surface area contributed by atoms with Crippen molar-refractivity contribution in [3.8, 4) is 33.4 Å². The van der Waals surface area contributed by atoms with Crippen molar-refractivity contribution in [2.75, 3.05) is 4.90 Å². The largest absolute Gasteiger partial charge is 0.310 e. The SMILES string of the molecule is CC1(C)c2ccccc2-c2cc(N(c3ccc(-c4cccc5c4sc4c6ccccc6ccc54)cc3)c3ccc4c(c3)-c3ccccc3C4(c3ccccc3)c3ccccc3)ccc21. The molecule has 0 unspecified atom stereocenters. The zero-order valence-electron chi connectivity index (χ0n) is 35.7. The van der Waals surface area contributed by atoms with E-state index in [1.165, 1.54) is 97.7 Å². The highest BCUT2D eigenvalue weighted by Crippen LogP contribution is 2.58. The number of anilines is 3. The Bertz CT molecular complexity index is 3590. The number of hydrogen-bond donors (Lipinski definition) is 0. The Morgan fingerprint density at radius 2 is 0.844 bits per heavy atom. The molecule has 1 nitrogen and oxygen atoms in total. The lowest BCUT2D eigenvalue weighted by molar-refractivity contribution is 0.660. The van der Waals surface area contributed by atoms with Crippen LogP contribution in [0.2, 0.25) is 0 Å². The third-order valence-corrected chi connectivity index (χ3v) is 15.6. The van der Waals surface area contributed by atoms with Crippen LogP contribution in [0.5, 0.6) is 0 Å². The molecule has 64 heavy (non-hydrogen) atoms. The Kier molecular flexibility index (Phi) is 8.11. The van der Waals surface area contributed by atoms with Crippen molar-refractivity contribution in [3.05, 3.63) is 258 Å². The van der Waals surface area contributed by atoms with E-state index < -0.39 is 5.41 Å². The molecule has 0 bridgehead atoms. The van der Waals surface area contributed by atoms with Crippen molar-refractivity contribution in [1.29, 1.82) is 0 Å². The Labute approximate surface area is 378 Å². The lowest BCUT2D eigenvalue weighted by atomic mass is 9.68. The average molecular weight is 834 g/mol. The lowest BCUT2D eigenvalue weighted by Crippen LogP contribution is -2.28. The molecule has 13 rings (SSSR count). The van der Waals surface area contributed by atoms with Gasteiger partial charge in [0.2, 0.25) is 0 Å². The van der Waals surface area contributed by atoms with Crippen LogP contribution in [0.3, 0.4) is 0 Å². The van der Waals surface area contributed by atoms with Gasteiger partial charge in [-0.25, -0.2) is 0 Å². The summed E-state index contributed by atoms with van der Waals surface area (Å²) in [5, 5.41) is 5.24. The standard InChI is InChI=1S/C62H43NS/c1-61(2)55-26-13-11-22-49(55)53-38-45(33-36-56(53)61)63(44-31-28-41(29-32-44)48-24-15-25-51-52-35-30-40-16-9-10-21-47(40)60(52)64-59(48)51)46-34-37-58-54(39-46)50-23-12-14-27-57(50)62(58,42-17-5-3-6-18-42)43-19-7-4-8-20-43/h3-39H,1-2H3. The van der Waals surface area contributed by atoms with E-state index in [1.807, 2.05) is 11.3 Å². The maximum absolute atomic E-state index is 2.47. The van der Waals surface area contributed by atoms with Crippen LogP contribution in [0, 0.1) is 0 Å². The number of hydrogen-bond acceptors (Lipinski definition) is 2. The van der Waals surface area contributed by atoms with Crippen molar-refractivity contribution in [2.24, 2.45) is 0 Å². The topological polar surface area (TPSA) is 3.24 Å². The highest BCUT2D eigenvalue weighted by atomic mass is 32.1. The zero-order chi connectivity index (χ0) is 42.6. The van der Waals surface area contributed by atoms with Crippen LogP contribution in [0.4, 0.5) is 17.1 Å². The van der Waals surface area contributed by atoms with E-state index in [4.69, 9.17) is 0 Å². The molecule has 11 aromatic rings. The van der Waals surface area contributed by atoms with Gasteiger partial charge in [-0.15, -0.1) is 11.3 Å². The molecule has 0 radical (unpaired) electrons. The van der Waals surface area contributed by atoms with Crippen molar-refractivity contribution in [3.63, 3.8) is 0 Å². The van der Waals surface area contributed by atoms with Gasteiger partial charge < -0.3 is 4.90 Å². The van der Waals surface area contributed by atoms with Gasteiger partial charge in [-0.2, -0.15) is 0 Å². The molecule has 0 N–H and O–H groups in total. The predicted octanol–water partition coefficient (Wildman–Crippen LogP) is 17.0. The summed E-state index contributed by atoms with van der Waals surface area (Å²) in [5.74, 6) is 0. The average Bonchev–Trinajstić information content (AvgIpc) is 3.96. The van der Waals surface area contributed by atoms with Crippen LogP contribution in [0.25, 0.3) is 64.3 Å². The number of nitrogens with zero attached hydrogens (tertiary/aromatic N) is 1. The first kappa shape index (κ1) is 37.1. The molecule has 2 aliphatic rings. The molecule has 0 spiro atoms. The summed E-state index contributed by atoms with van der Waals surface area (Å²) >= 11 is 1.91. The van der Waals surface area contributed by atoms with Crippen molar-refractivity contribution < 1.29 is 0 Å². The maximum Gasteiger partial charge on any atom is 0.0713 e. The number of rotatable bonds is 6. The van der Waals surface area contributed by atoms with Gasteiger partial charge in [0.25, 0.3) is 0 Å². The first-order valence-electron chi connectivity index (χ1n) is 22.3. The van der Waals surface area contributed by atoms with Crippen LogP contribution >= 0.6 is 11.3 Å².